The van der Waals surface area contributed by atoms with Gasteiger partial charge in [-0.3, -0.25) is 0 Å². The molecule has 1 saturated heterocycles. The summed E-state index contributed by atoms with van der Waals surface area (Å²) < 4.78 is 55.9. The van der Waals surface area contributed by atoms with Crippen molar-refractivity contribution in [1.29, 1.82) is 0 Å². The van der Waals surface area contributed by atoms with Crippen LogP contribution in [0.3, 0.4) is 0 Å². The Kier molecular flexibility index (Phi) is 4.60. The number of aromatic nitrogens is 2. The van der Waals surface area contributed by atoms with E-state index < -0.39 is 29.8 Å². The van der Waals surface area contributed by atoms with Crippen molar-refractivity contribution < 1.29 is 26.8 Å². The lowest BCUT2D eigenvalue weighted by Crippen LogP contribution is -2.41. The van der Waals surface area contributed by atoms with Gasteiger partial charge in [0.2, 0.25) is 5.89 Å². The molecule has 0 radical (unpaired) electrons. The van der Waals surface area contributed by atoms with Gasteiger partial charge in [-0.15, -0.1) is 10.2 Å². The minimum absolute atomic E-state index is 0.0340. The largest absolute Gasteiger partial charge is 0.470 e. The Morgan fingerprint density at radius 1 is 1.28 bits per heavy atom. The van der Waals surface area contributed by atoms with Gasteiger partial charge >= 0.3 is 18.1 Å². The molecule has 0 bridgehead atoms. The molecule has 2 heterocycles. The average molecular weight is 358 g/mol. The lowest BCUT2D eigenvalue weighted by molar-refractivity contribution is -0.157. The molecule has 0 saturated carbocycles. The van der Waals surface area contributed by atoms with E-state index >= 15 is 0 Å². The van der Waals surface area contributed by atoms with Crippen LogP contribution in [0.5, 0.6) is 0 Å². The van der Waals surface area contributed by atoms with E-state index in [0.717, 1.165) is 0 Å². The summed E-state index contributed by atoms with van der Waals surface area (Å²) in [4.78, 5) is 13.6. The fourth-order valence-corrected chi connectivity index (χ4v) is 2.63. The lowest BCUT2D eigenvalue weighted by atomic mass is 9.98. The van der Waals surface area contributed by atoms with E-state index in [4.69, 9.17) is 0 Å². The molecule has 0 unspecified atom stereocenters. The van der Waals surface area contributed by atoms with Gasteiger partial charge in [0, 0.05) is 13.1 Å². The van der Waals surface area contributed by atoms with E-state index in [1.807, 2.05) is 0 Å². The number of urea groups is 1. The molecule has 1 atom stereocenters. The molecule has 10 heteroatoms. The number of hydrogen-bond acceptors (Lipinski definition) is 4. The number of nitrogens with zero attached hydrogens (tertiary/aromatic N) is 3. The van der Waals surface area contributed by atoms with Gasteiger partial charge < -0.3 is 14.6 Å². The highest BCUT2D eigenvalue weighted by atomic mass is 19.4. The third-order valence-electron chi connectivity index (χ3n) is 3.86. The fourth-order valence-electron chi connectivity index (χ4n) is 2.63. The molecule has 2 amide bonds. The first-order valence-electron chi connectivity index (χ1n) is 7.55. The lowest BCUT2D eigenvalue weighted by Gasteiger charge is -2.31. The van der Waals surface area contributed by atoms with Gasteiger partial charge in [0.05, 0.1) is 11.6 Å². The Morgan fingerprint density at radius 2 is 2.04 bits per heavy atom. The SMILES string of the molecule is O=C(Nc1ccccc1F)N1CCC[C@H](c2nnc(C(F)(F)F)o2)C1. The first-order chi connectivity index (χ1) is 11.8. The molecular weight excluding hydrogens is 344 g/mol. The van der Waals surface area contributed by atoms with Crippen LogP contribution in [-0.2, 0) is 6.18 Å². The van der Waals surface area contributed by atoms with Crippen molar-refractivity contribution in [3.8, 4) is 0 Å². The summed E-state index contributed by atoms with van der Waals surface area (Å²) in [6.45, 7) is 0.511. The first-order valence-corrected chi connectivity index (χ1v) is 7.55. The molecule has 1 fully saturated rings. The summed E-state index contributed by atoms with van der Waals surface area (Å²) in [5.41, 5.74) is 0.0340. The van der Waals surface area contributed by atoms with Gasteiger partial charge in [-0.1, -0.05) is 12.1 Å². The molecule has 1 N–H and O–H groups in total. The summed E-state index contributed by atoms with van der Waals surface area (Å²) in [5, 5.41) is 8.89. The Morgan fingerprint density at radius 3 is 2.72 bits per heavy atom. The second-order valence-corrected chi connectivity index (χ2v) is 5.64. The third-order valence-corrected chi connectivity index (χ3v) is 3.86. The van der Waals surface area contributed by atoms with Gasteiger partial charge in [0.15, 0.2) is 0 Å². The zero-order valence-corrected chi connectivity index (χ0v) is 12.9. The zero-order chi connectivity index (χ0) is 18.0. The number of amides is 2. The predicted molar refractivity (Wildman–Crippen MR) is 78.3 cm³/mol. The number of hydrogen-bond donors (Lipinski definition) is 1. The third kappa shape index (κ3) is 3.89. The van der Waals surface area contributed by atoms with Crippen LogP contribution < -0.4 is 5.32 Å². The van der Waals surface area contributed by atoms with Crippen molar-refractivity contribution in [2.45, 2.75) is 24.9 Å². The average Bonchev–Trinajstić information content (AvgIpc) is 3.07. The minimum Gasteiger partial charge on any atom is -0.417 e. The predicted octanol–water partition coefficient (Wildman–Crippen LogP) is 3.64. The van der Waals surface area contributed by atoms with Crippen molar-refractivity contribution in [2.24, 2.45) is 0 Å². The van der Waals surface area contributed by atoms with Crippen molar-refractivity contribution in [1.82, 2.24) is 15.1 Å². The molecule has 1 aromatic carbocycles. The maximum Gasteiger partial charge on any atom is 0.470 e. The number of benzene rings is 1. The molecule has 1 aromatic heterocycles. The van der Waals surface area contributed by atoms with Crippen LogP contribution in [0.25, 0.3) is 0 Å². The highest BCUT2D eigenvalue weighted by Crippen LogP contribution is 2.32. The number of carbonyl (C=O) groups is 1. The summed E-state index contributed by atoms with van der Waals surface area (Å²) in [7, 11) is 0. The van der Waals surface area contributed by atoms with Crippen LogP contribution >= 0.6 is 0 Å². The molecule has 134 valence electrons. The molecule has 6 nitrogen and oxygen atoms in total. The normalized spacial score (nSPS) is 18.2. The van der Waals surface area contributed by atoms with Crippen LogP contribution in [0, 0.1) is 5.82 Å². The number of nitrogens with one attached hydrogen (secondary N) is 1. The van der Waals surface area contributed by atoms with Gasteiger partial charge in [-0.25, -0.2) is 9.18 Å². The summed E-state index contributed by atoms with van der Waals surface area (Å²) in [6.07, 6.45) is -3.64. The molecule has 1 aliphatic rings. The van der Waals surface area contributed by atoms with Crippen LogP contribution in [0.2, 0.25) is 0 Å². The zero-order valence-electron chi connectivity index (χ0n) is 12.9. The maximum atomic E-state index is 13.6. The van der Waals surface area contributed by atoms with Crippen LogP contribution in [-0.4, -0.2) is 34.2 Å². The first kappa shape index (κ1) is 17.2. The Hall–Kier alpha value is -2.65. The van der Waals surface area contributed by atoms with Gasteiger partial charge in [-0.2, -0.15) is 13.2 Å². The second kappa shape index (κ2) is 6.69. The monoisotopic (exact) mass is 358 g/mol. The number of piperidine rings is 1. The highest BCUT2D eigenvalue weighted by Gasteiger charge is 2.39. The number of halogens is 4. The quantitative estimate of drug-likeness (QED) is 0.832. The topological polar surface area (TPSA) is 71.3 Å². The minimum atomic E-state index is -4.71. The van der Waals surface area contributed by atoms with Crippen LogP contribution in [0.15, 0.2) is 28.7 Å². The molecule has 0 aliphatic carbocycles. The standard InChI is InChI=1S/C15H14F4N4O2/c16-10-5-1-2-6-11(10)20-14(24)23-7-3-4-9(8-23)12-21-22-13(25-12)15(17,18)19/h1-2,5-6,9H,3-4,7-8H2,(H,20,24)/t9-/m0/s1. The second-order valence-electron chi connectivity index (χ2n) is 5.64. The van der Waals surface area contributed by atoms with Crippen LogP contribution in [0.4, 0.5) is 28.0 Å². The van der Waals surface area contributed by atoms with Crippen molar-refractivity contribution in [3.63, 3.8) is 0 Å². The highest BCUT2D eigenvalue weighted by molar-refractivity contribution is 5.89. The fraction of sp³-hybridized carbons (Fsp3) is 0.400. The molecule has 3 rings (SSSR count). The van der Waals surface area contributed by atoms with Gasteiger partial charge in [0.25, 0.3) is 0 Å². The van der Waals surface area contributed by atoms with E-state index in [1.165, 1.54) is 23.1 Å². The number of carbonyl (C=O) groups excluding carboxylic acids is 1. The maximum absolute atomic E-state index is 13.6. The number of alkyl halides is 3. The summed E-state index contributed by atoms with van der Waals surface area (Å²) in [5.74, 6) is -2.63. The Labute approximate surface area is 139 Å². The number of rotatable bonds is 2. The number of anilines is 1. The molecule has 25 heavy (non-hydrogen) atoms. The van der Waals surface area contributed by atoms with Crippen LogP contribution in [0.1, 0.15) is 30.5 Å². The van der Waals surface area contributed by atoms with E-state index in [-0.39, 0.29) is 18.1 Å². The van der Waals surface area contributed by atoms with Gasteiger partial charge in [0.1, 0.15) is 5.82 Å². The molecule has 1 aliphatic heterocycles. The number of para-hydroxylation sites is 1. The molecule has 2 aromatic rings. The van der Waals surface area contributed by atoms with Crippen molar-refractivity contribution in [3.05, 3.63) is 41.9 Å². The summed E-state index contributed by atoms with van der Waals surface area (Å²) >= 11 is 0. The molecule has 0 spiro atoms. The Balaban J connectivity index is 1.67. The molecular formula is C15H14F4N4O2. The van der Waals surface area contributed by atoms with Crippen molar-refractivity contribution >= 4 is 11.7 Å². The number of likely N-dealkylation sites (tertiary alicyclic amines) is 1. The van der Waals surface area contributed by atoms with E-state index in [1.54, 1.807) is 6.07 Å². The van der Waals surface area contributed by atoms with E-state index in [2.05, 4.69) is 19.9 Å². The summed E-state index contributed by atoms with van der Waals surface area (Å²) in [6, 6.07) is 5.17. The Bertz CT molecular complexity index is 762. The van der Waals surface area contributed by atoms with Gasteiger partial charge in [-0.05, 0) is 25.0 Å². The smallest absolute Gasteiger partial charge is 0.417 e. The van der Waals surface area contributed by atoms with E-state index in [0.29, 0.717) is 19.4 Å². The van der Waals surface area contributed by atoms with E-state index in [9.17, 15) is 22.4 Å². The van der Waals surface area contributed by atoms with Crippen molar-refractivity contribution in [2.75, 3.05) is 18.4 Å².